The minimum Gasteiger partial charge on any atom is -0.399 e. The van der Waals surface area contributed by atoms with Crippen LogP contribution in [0, 0.1) is 0 Å². The molecule has 0 saturated carbocycles. The highest BCUT2D eigenvalue weighted by molar-refractivity contribution is 8.15. The highest BCUT2D eigenvalue weighted by Crippen LogP contribution is 2.40. The van der Waals surface area contributed by atoms with E-state index in [4.69, 9.17) is 17.3 Å². The van der Waals surface area contributed by atoms with Gasteiger partial charge in [0.25, 0.3) is 9.81 Å². The Bertz CT molecular complexity index is 2220. The van der Waals surface area contributed by atoms with Crippen LogP contribution in [-0.2, 0) is 13.1 Å². The Kier molecular flexibility index (Phi) is 15.3. The molecule has 4 aromatic carbocycles. The van der Waals surface area contributed by atoms with Gasteiger partial charge in [-0.1, -0.05) is 80.7 Å². The molecule has 0 unspecified atom stereocenters. The zero-order valence-corrected chi connectivity index (χ0v) is 35.0. The number of carbonyl (C=O) groups excluding carboxylic acids is 2. The fourth-order valence-electron chi connectivity index (χ4n) is 6.05. The predicted molar refractivity (Wildman–Crippen MR) is 242 cm³/mol. The number of halogens is 1. The number of amides is 1. The summed E-state index contributed by atoms with van der Waals surface area (Å²) < 4.78 is 2.23. The van der Waals surface area contributed by atoms with Crippen LogP contribution in [0.25, 0.3) is 41.1 Å². The number of benzene rings is 4. The number of thioether (sulfide) groups is 2. The molecule has 0 aliphatic carbocycles. The molecule has 0 bridgehead atoms. The highest BCUT2D eigenvalue weighted by atomic mass is 35.5. The van der Waals surface area contributed by atoms with Crippen molar-refractivity contribution in [1.82, 2.24) is 4.90 Å². The minimum atomic E-state index is -0.356. The van der Waals surface area contributed by atoms with Crippen LogP contribution >= 0.6 is 57.8 Å². The molecule has 0 atom stereocenters. The molecular weight excluding hydrogens is 770 g/mol. The number of rotatable bonds is 6. The van der Waals surface area contributed by atoms with Gasteiger partial charge in [-0.2, -0.15) is 0 Å². The van der Waals surface area contributed by atoms with Crippen LogP contribution in [0.2, 0.25) is 0 Å². The zero-order chi connectivity index (χ0) is 38.6. The summed E-state index contributed by atoms with van der Waals surface area (Å²) in [6.45, 7) is 11.6. The molecule has 0 fully saturated rings. The number of thiophene rings is 2. The van der Waals surface area contributed by atoms with Crippen molar-refractivity contribution in [2.24, 2.45) is 9.98 Å². The van der Waals surface area contributed by atoms with Crippen molar-refractivity contribution in [2.75, 3.05) is 43.2 Å². The van der Waals surface area contributed by atoms with Crippen LogP contribution in [-0.4, -0.2) is 59.3 Å². The molecule has 54 heavy (non-hydrogen) atoms. The fraction of sp³-hybridized carbons (Fsp3) is 0.238. The Morgan fingerprint density at radius 2 is 1.22 bits per heavy atom. The van der Waals surface area contributed by atoms with E-state index in [2.05, 4.69) is 114 Å². The maximum Gasteiger partial charge on any atom is 0.283 e. The van der Waals surface area contributed by atoms with Crippen molar-refractivity contribution >= 4 is 112 Å². The molecular formula is C42H44ClN5O2S4. The van der Waals surface area contributed by atoms with E-state index < -0.39 is 0 Å². The van der Waals surface area contributed by atoms with E-state index in [0.29, 0.717) is 6.54 Å². The van der Waals surface area contributed by atoms with Crippen LogP contribution < -0.4 is 11.1 Å². The molecule has 2 aromatic heterocycles. The third kappa shape index (κ3) is 10.6. The van der Waals surface area contributed by atoms with Gasteiger partial charge in [-0.05, 0) is 125 Å². The van der Waals surface area contributed by atoms with Crippen molar-refractivity contribution in [2.45, 2.75) is 33.9 Å². The average molecular weight is 815 g/mol. The van der Waals surface area contributed by atoms with Crippen molar-refractivity contribution in [1.29, 1.82) is 0 Å². The van der Waals surface area contributed by atoms with E-state index in [1.54, 1.807) is 23.8 Å². The largest absolute Gasteiger partial charge is 0.399 e. The van der Waals surface area contributed by atoms with E-state index in [0.717, 1.165) is 46.4 Å². The number of fused-ring (bicyclic) bond motifs is 4. The Hall–Kier alpha value is -3.97. The number of nitrogens with two attached hydrogens (primary N) is 1. The molecule has 1 amide bonds. The van der Waals surface area contributed by atoms with Crippen LogP contribution in [0.1, 0.15) is 43.0 Å². The van der Waals surface area contributed by atoms with Crippen LogP contribution in [0.15, 0.2) is 94.9 Å². The first-order valence-corrected chi connectivity index (χ1v) is 22.0. The molecule has 6 aromatic rings. The molecule has 12 heteroatoms. The molecule has 2 aliphatic rings. The number of hydrogen-bond donors (Lipinski definition) is 2. The molecule has 2 aliphatic heterocycles. The second kappa shape index (κ2) is 20.1. The zero-order valence-electron chi connectivity index (χ0n) is 31.0. The smallest absolute Gasteiger partial charge is 0.283 e. The van der Waals surface area contributed by atoms with Crippen LogP contribution in [0.3, 0.4) is 0 Å². The Morgan fingerprint density at radius 1 is 0.741 bits per heavy atom. The number of aliphatic imine (C=N–C) groups is 2. The van der Waals surface area contributed by atoms with E-state index >= 15 is 0 Å². The molecule has 0 radical (unpaired) electrons. The molecule has 280 valence electrons. The van der Waals surface area contributed by atoms with Crippen LogP contribution in [0.4, 0.5) is 21.0 Å². The van der Waals surface area contributed by atoms with E-state index in [1.165, 1.54) is 78.0 Å². The Balaban J connectivity index is 0.000000162. The van der Waals surface area contributed by atoms with Crippen LogP contribution in [0.5, 0.6) is 0 Å². The topological polar surface area (TPSA) is 100 Å². The summed E-state index contributed by atoms with van der Waals surface area (Å²) >= 11 is 10.6. The molecule has 0 spiro atoms. The first kappa shape index (κ1) is 41.2. The van der Waals surface area contributed by atoms with Gasteiger partial charge >= 0.3 is 0 Å². The van der Waals surface area contributed by atoms with Gasteiger partial charge in [0, 0.05) is 54.1 Å². The monoisotopic (exact) mass is 813 g/mol. The number of nitrogens with one attached hydrogen (secondary N) is 1. The SMILES string of the molecule is CCN(CC)CC.CSC(=O)Cl.CSC(=O)Nc1cc2c(c(-c3cc4ccccc4s3)c1)CN=C2.Nc1cc2c(c(-c3cc4ccccc4s3)c1)CN=C2. The lowest BCUT2D eigenvalue weighted by Gasteiger charge is -2.13. The summed E-state index contributed by atoms with van der Waals surface area (Å²) in [6.07, 6.45) is 7.22. The fourth-order valence-corrected chi connectivity index (χ4v) is 8.48. The lowest BCUT2D eigenvalue weighted by atomic mass is 10.0. The maximum absolute atomic E-state index is 11.7. The summed E-state index contributed by atoms with van der Waals surface area (Å²) in [6, 6.07) is 29.4. The van der Waals surface area contributed by atoms with Gasteiger partial charge in [0.05, 0.1) is 13.1 Å². The standard InChI is InChI=1S/C18H14N2OS2.C16H12N2S.C6H15N.C2H3ClOS/c1-22-18(21)20-13-6-12-9-19-10-15(12)14(8-13)17-7-11-4-2-3-5-16(11)23-17;17-12-5-11-8-18-9-14(11)13(7-12)16-6-10-3-1-2-4-15(10)19-16;1-4-7(5-2)6-3;1-5-2(3)4/h2-9H,10H2,1H3,(H,20,21);1-8H,9,17H2;4-6H2,1-3H3;1H3. The van der Waals surface area contributed by atoms with Gasteiger partial charge < -0.3 is 16.0 Å². The third-order valence-electron chi connectivity index (χ3n) is 8.87. The van der Waals surface area contributed by atoms with Gasteiger partial charge in [0.2, 0.25) is 0 Å². The first-order chi connectivity index (χ1) is 26.2. The van der Waals surface area contributed by atoms with Gasteiger partial charge in [0.1, 0.15) is 0 Å². The highest BCUT2D eigenvalue weighted by Gasteiger charge is 2.18. The number of anilines is 2. The lowest BCUT2D eigenvalue weighted by molar-refractivity contribution is 0.269. The minimum absolute atomic E-state index is 0.0535. The Morgan fingerprint density at radius 3 is 1.67 bits per heavy atom. The van der Waals surface area contributed by atoms with E-state index in [1.807, 2.05) is 35.9 Å². The number of nitrogens with zero attached hydrogens (tertiary/aromatic N) is 3. The van der Waals surface area contributed by atoms with E-state index in [-0.39, 0.29) is 9.81 Å². The number of carbonyl (C=O) groups is 2. The molecule has 4 heterocycles. The summed E-state index contributed by atoms with van der Waals surface area (Å²) in [5, 5.41) is 5.42. The van der Waals surface area contributed by atoms with Crippen molar-refractivity contribution in [3.05, 3.63) is 107 Å². The summed E-state index contributed by atoms with van der Waals surface area (Å²) in [5.74, 6) is 0. The second-order valence-corrected chi connectivity index (χ2v) is 16.4. The second-order valence-electron chi connectivity index (χ2n) is 12.1. The first-order valence-electron chi connectivity index (χ1n) is 17.5. The van der Waals surface area contributed by atoms with Crippen molar-refractivity contribution in [3.63, 3.8) is 0 Å². The van der Waals surface area contributed by atoms with Crippen molar-refractivity contribution < 1.29 is 9.59 Å². The quantitative estimate of drug-likeness (QED) is 0.128. The molecule has 7 nitrogen and oxygen atoms in total. The van der Waals surface area contributed by atoms with Gasteiger partial charge in [-0.15, -0.1) is 22.7 Å². The third-order valence-corrected chi connectivity index (χ3v) is 12.4. The molecule has 8 rings (SSSR count). The number of nitrogen functional groups attached to an aromatic ring is 1. The van der Waals surface area contributed by atoms with Gasteiger partial charge in [-0.25, -0.2) is 0 Å². The molecule has 0 saturated heterocycles. The summed E-state index contributed by atoms with van der Waals surface area (Å²) in [5.41, 5.74) is 14.8. The predicted octanol–water partition coefficient (Wildman–Crippen LogP) is 12.5. The molecule has 3 N–H and O–H groups in total. The van der Waals surface area contributed by atoms with Gasteiger partial charge in [-0.3, -0.25) is 19.6 Å². The normalized spacial score (nSPS) is 12.0. The van der Waals surface area contributed by atoms with Gasteiger partial charge in [0.15, 0.2) is 0 Å². The number of hydrogen-bond acceptors (Lipinski definition) is 10. The average Bonchev–Trinajstić information content (AvgIpc) is 4.01. The summed E-state index contributed by atoms with van der Waals surface area (Å²) in [4.78, 5) is 34.8. The summed E-state index contributed by atoms with van der Waals surface area (Å²) in [7, 11) is 0. The van der Waals surface area contributed by atoms with Crippen molar-refractivity contribution in [3.8, 4) is 20.9 Å². The lowest BCUT2D eigenvalue weighted by Crippen LogP contribution is -2.21. The Labute approximate surface area is 339 Å². The maximum atomic E-state index is 11.7. The van der Waals surface area contributed by atoms with E-state index in [9.17, 15) is 9.59 Å².